The molecule has 0 aliphatic carbocycles. The van der Waals surface area contributed by atoms with Gasteiger partial charge in [-0.1, -0.05) is 62.5 Å². The maximum absolute atomic E-state index is 11.7. The molecule has 0 aliphatic rings. The molecule has 0 saturated heterocycles. The molecular weight excluding hydrogens is 296 g/mol. The van der Waals surface area contributed by atoms with Gasteiger partial charge in [0.2, 0.25) is 0 Å². The third-order valence-electron chi connectivity index (χ3n) is 3.70. The van der Waals surface area contributed by atoms with Gasteiger partial charge in [0.15, 0.2) is 0 Å². The van der Waals surface area contributed by atoms with Gasteiger partial charge in [-0.25, -0.2) is 4.79 Å². The Balaban J connectivity index is 2.60. The van der Waals surface area contributed by atoms with Crippen molar-refractivity contribution in [2.45, 2.75) is 33.1 Å². The van der Waals surface area contributed by atoms with Crippen LogP contribution >= 0.6 is 0 Å². The fourth-order valence-electron chi connectivity index (χ4n) is 2.69. The van der Waals surface area contributed by atoms with Crippen LogP contribution in [0.5, 0.6) is 0 Å². The monoisotopic (exact) mass is 318 g/mol. The zero-order valence-corrected chi connectivity index (χ0v) is 14.2. The van der Waals surface area contributed by atoms with Crippen LogP contribution in [0.25, 0.3) is 5.57 Å². The average molecular weight is 318 g/mol. The summed E-state index contributed by atoms with van der Waals surface area (Å²) in [5, 5.41) is 9.59. The van der Waals surface area contributed by atoms with E-state index in [1.54, 1.807) is 12.1 Å². The third kappa shape index (κ3) is 4.36. The van der Waals surface area contributed by atoms with Crippen LogP contribution in [0.1, 0.15) is 60.2 Å². The fraction of sp³-hybridized carbons (Fsp3) is 0.227. The highest BCUT2D eigenvalue weighted by atomic mass is 16.4. The summed E-state index contributed by atoms with van der Waals surface area (Å²) in [6.07, 6.45) is 4.79. The van der Waals surface area contributed by atoms with Gasteiger partial charge in [-0.05, 0) is 42.7 Å². The third-order valence-corrected chi connectivity index (χ3v) is 3.70. The van der Waals surface area contributed by atoms with Crippen molar-refractivity contribution >= 4 is 11.5 Å². The Kier molecular flexibility index (Phi) is 6.40. The van der Waals surface area contributed by atoms with Crippen LogP contribution in [0.4, 0.5) is 0 Å². The number of carboxylic acid groups (broad SMARTS) is 1. The molecule has 0 aromatic heterocycles. The van der Waals surface area contributed by atoms with Gasteiger partial charge in [0.05, 0.1) is 5.56 Å². The normalized spacial score (nSPS) is 10.8. The average Bonchev–Trinajstić information content (AvgIpc) is 2.60. The van der Waals surface area contributed by atoms with Crippen LogP contribution in [0, 0.1) is 11.8 Å². The van der Waals surface area contributed by atoms with E-state index in [1.807, 2.05) is 36.4 Å². The van der Waals surface area contributed by atoms with Crippen molar-refractivity contribution in [2.75, 3.05) is 0 Å². The fourth-order valence-corrected chi connectivity index (χ4v) is 2.69. The van der Waals surface area contributed by atoms with Crippen LogP contribution in [-0.4, -0.2) is 11.1 Å². The Bertz CT molecular complexity index is 790. The van der Waals surface area contributed by atoms with Crippen molar-refractivity contribution in [3.8, 4) is 11.8 Å². The Labute approximate surface area is 143 Å². The van der Waals surface area contributed by atoms with Crippen molar-refractivity contribution in [3.63, 3.8) is 0 Å². The SMILES string of the molecule is CC/C=C(\CCC)c1c(C#Cc2ccccc2)cccc1C(=O)O. The predicted octanol–water partition coefficient (Wildman–Crippen LogP) is 5.38. The number of carboxylic acids is 1. The lowest BCUT2D eigenvalue weighted by Crippen LogP contribution is -2.04. The van der Waals surface area contributed by atoms with Crippen LogP contribution in [0.3, 0.4) is 0 Å². The van der Waals surface area contributed by atoms with E-state index >= 15 is 0 Å². The molecule has 0 aliphatic heterocycles. The highest BCUT2D eigenvalue weighted by Gasteiger charge is 2.16. The minimum absolute atomic E-state index is 0.322. The summed E-state index contributed by atoms with van der Waals surface area (Å²) in [5.74, 6) is 5.39. The lowest BCUT2D eigenvalue weighted by molar-refractivity contribution is 0.0696. The molecule has 2 heteroatoms. The minimum Gasteiger partial charge on any atom is -0.478 e. The second-order valence-electron chi connectivity index (χ2n) is 5.54. The van der Waals surface area contributed by atoms with E-state index < -0.39 is 5.97 Å². The second kappa shape index (κ2) is 8.74. The van der Waals surface area contributed by atoms with E-state index in [0.29, 0.717) is 5.56 Å². The molecule has 2 nitrogen and oxygen atoms in total. The van der Waals surface area contributed by atoms with Gasteiger partial charge < -0.3 is 5.11 Å². The van der Waals surface area contributed by atoms with Crippen LogP contribution in [-0.2, 0) is 0 Å². The van der Waals surface area contributed by atoms with Crippen LogP contribution in [0.2, 0.25) is 0 Å². The van der Waals surface area contributed by atoms with E-state index in [1.165, 1.54) is 0 Å². The summed E-state index contributed by atoms with van der Waals surface area (Å²) < 4.78 is 0. The van der Waals surface area contributed by atoms with Crippen molar-refractivity contribution in [3.05, 3.63) is 76.9 Å². The molecule has 0 atom stereocenters. The van der Waals surface area contributed by atoms with Crippen LogP contribution < -0.4 is 0 Å². The molecule has 0 heterocycles. The van der Waals surface area contributed by atoms with Gasteiger partial charge in [-0.2, -0.15) is 0 Å². The number of benzene rings is 2. The largest absolute Gasteiger partial charge is 0.478 e. The number of allylic oxidation sites excluding steroid dienone is 2. The predicted molar refractivity (Wildman–Crippen MR) is 99.0 cm³/mol. The van der Waals surface area contributed by atoms with Crippen molar-refractivity contribution < 1.29 is 9.90 Å². The molecule has 0 spiro atoms. The molecule has 0 unspecified atom stereocenters. The quantitative estimate of drug-likeness (QED) is 0.752. The van der Waals surface area contributed by atoms with Gasteiger partial charge >= 0.3 is 5.97 Å². The zero-order valence-electron chi connectivity index (χ0n) is 14.2. The Morgan fingerprint density at radius 1 is 1.04 bits per heavy atom. The number of aromatic carboxylic acids is 1. The molecule has 2 rings (SSSR count). The first-order valence-electron chi connectivity index (χ1n) is 8.30. The van der Waals surface area contributed by atoms with E-state index in [-0.39, 0.29) is 0 Å². The minimum atomic E-state index is -0.911. The summed E-state index contributed by atoms with van der Waals surface area (Å²) in [7, 11) is 0. The number of carbonyl (C=O) groups is 1. The summed E-state index contributed by atoms with van der Waals surface area (Å²) in [6.45, 7) is 4.16. The molecule has 2 aromatic rings. The lowest BCUT2D eigenvalue weighted by Gasteiger charge is -2.13. The molecule has 0 saturated carbocycles. The molecule has 122 valence electrons. The standard InChI is InChI=1S/C22H22O2/c1-3-9-18(10-4-2)21-19(13-8-14-20(21)22(23)24)16-15-17-11-6-5-7-12-17/h5-9,11-14H,3-4,10H2,1-2H3,(H,23,24)/b18-9+. The first-order valence-corrected chi connectivity index (χ1v) is 8.30. The summed E-state index contributed by atoms with van der Waals surface area (Å²) in [4.78, 5) is 11.7. The van der Waals surface area contributed by atoms with Crippen molar-refractivity contribution in [1.29, 1.82) is 0 Å². The summed E-state index contributed by atoms with van der Waals surface area (Å²) in [6, 6.07) is 15.0. The first-order chi connectivity index (χ1) is 11.7. The topological polar surface area (TPSA) is 37.3 Å². The second-order valence-corrected chi connectivity index (χ2v) is 5.54. The first kappa shape index (κ1) is 17.6. The lowest BCUT2D eigenvalue weighted by atomic mass is 9.91. The van der Waals surface area contributed by atoms with E-state index in [0.717, 1.165) is 41.5 Å². The van der Waals surface area contributed by atoms with E-state index in [2.05, 4.69) is 31.8 Å². The molecule has 1 N–H and O–H groups in total. The maximum Gasteiger partial charge on any atom is 0.336 e. The number of hydrogen-bond acceptors (Lipinski definition) is 1. The van der Waals surface area contributed by atoms with Crippen molar-refractivity contribution in [2.24, 2.45) is 0 Å². The van der Waals surface area contributed by atoms with Gasteiger partial charge in [0, 0.05) is 16.7 Å². The molecule has 0 radical (unpaired) electrons. The highest BCUT2D eigenvalue weighted by molar-refractivity contribution is 5.95. The Morgan fingerprint density at radius 2 is 1.79 bits per heavy atom. The van der Waals surface area contributed by atoms with Crippen LogP contribution in [0.15, 0.2) is 54.6 Å². The van der Waals surface area contributed by atoms with Crippen molar-refractivity contribution in [1.82, 2.24) is 0 Å². The smallest absolute Gasteiger partial charge is 0.336 e. The zero-order chi connectivity index (χ0) is 17.4. The molecule has 0 amide bonds. The molecule has 24 heavy (non-hydrogen) atoms. The summed E-state index contributed by atoms with van der Waals surface area (Å²) in [5.41, 5.74) is 3.84. The van der Waals surface area contributed by atoms with Gasteiger partial charge in [0.1, 0.15) is 0 Å². The Hall–Kier alpha value is -2.79. The van der Waals surface area contributed by atoms with Gasteiger partial charge in [0.25, 0.3) is 0 Å². The molecular formula is C22H22O2. The van der Waals surface area contributed by atoms with E-state index in [9.17, 15) is 9.90 Å². The Morgan fingerprint density at radius 3 is 2.42 bits per heavy atom. The molecule has 2 aromatic carbocycles. The number of rotatable bonds is 5. The van der Waals surface area contributed by atoms with Gasteiger partial charge in [-0.15, -0.1) is 0 Å². The van der Waals surface area contributed by atoms with E-state index in [4.69, 9.17) is 0 Å². The van der Waals surface area contributed by atoms with Gasteiger partial charge in [-0.3, -0.25) is 0 Å². The summed E-state index contributed by atoms with van der Waals surface area (Å²) >= 11 is 0. The maximum atomic E-state index is 11.7. The molecule has 0 fully saturated rings. The highest BCUT2D eigenvalue weighted by Crippen LogP contribution is 2.28. The molecule has 0 bridgehead atoms. The number of hydrogen-bond donors (Lipinski definition) is 1.